The number of ether oxygens (including phenoxy) is 1. The highest BCUT2D eigenvalue weighted by Crippen LogP contribution is 2.31. The van der Waals surface area contributed by atoms with Crippen molar-refractivity contribution in [1.29, 1.82) is 0 Å². The fourth-order valence-electron chi connectivity index (χ4n) is 3.42. The summed E-state index contributed by atoms with van der Waals surface area (Å²) in [6.45, 7) is -0.395. The third-order valence-corrected chi connectivity index (χ3v) is 5.12. The van der Waals surface area contributed by atoms with E-state index in [1.54, 1.807) is 6.07 Å². The summed E-state index contributed by atoms with van der Waals surface area (Å²) in [4.78, 5) is 35.4. The Kier molecular flexibility index (Phi) is 4.81. The Morgan fingerprint density at radius 3 is 2.57 bits per heavy atom. The molecule has 4 rings (SSSR count). The number of carbonyl (C=O) groups excluding carboxylic acids is 2. The van der Waals surface area contributed by atoms with Crippen LogP contribution in [0.4, 0.5) is 11.4 Å². The average Bonchev–Trinajstić information content (AvgIpc) is 3.38. The number of hydrogen-bond acceptors (Lipinski definition) is 6. The minimum absolute atomic E-state index is 0.0507. The number of nitrogens with one attached hydrogen (secondary N) is 1. The van der Waals surface area contributed by atoms with E-state index in [2.05, 4.69) is 5.32 Å². The molecule has 0 saturated heterocycles. The number of rotatable bonds is 7. The van der Waals surface area contributed by atoms with Crippen molar-refractivity contribution >= 4 is 23.1 Å². The monoisotopic (exact) mass is 380 g/mol. The number of esters is 1. The van der Waals surface area contributed by atoms with Gasteiger partial charge in [0.25, 0.3) is 5.69 Å². The van der Waals surface area contributed by atoms with E-state index in [4.69, 9.17) is 4.74 Å². The summed E-state index contributed by atoms with van der Waals surface area (Å²) in [5, 5.41) is 14.4. The minimum atomic E-state index is -0.754. The molecule has 0 spiro atoms. The van der Waals surface area contributed by atoms with Crippen molar-refractivity contribution in [2.75, 3.05) is 11.9 Å². The van der Waals surface area contributed by atoms with Crippen molar-refractivity contribution < 1.29 is 19.2 Å². The van der Waals surface area contributed by atoms with E-state index >= 15 is 0 Å². The summed E-state index contributed by atoms with van der Waals surface area (Å²) in [6, 6.07) is 9.99. The first-order chi connectivity index (χ1) is 13.5. The first kappa shape index (κ1) is 18.2. The van der Waals surface area contributed by atoms with Gasteiger partial charge in [-0.05, 0) is 61.4 Å². The SMILES string of the molecule is O=C(COC(=O)c1ccc(NC2CC2)c([N+](=O)[O-])c1)c1ccc2c(c1)CCC2. The van der Waals surface area contributed by atoms with Crippen molar-refractivity contribution in [2.45, 2.75) is 38.1 Å². The van der Waals surface area contributed by atoms with Crippen molar-refractivity contribution in [3.8, 4) is 0 Å². The molecule has 0 heterocycles. The van der Waals surface area contributed by atoms with Crippen LogP contribution in [0.2, 0.25) is 0 Å². The lowest BCUT2D eigenvalue weighted by molar-refractivity contribution is -0.384. The molecule has 0 bridgehead atoms. The lowest BCUT2D eigenvalue weighted by Crippen LogP contribution is -2.15. The smallest absolute Gasteiger partial charge is 0.338 e. The maximum absolute atomic E-state index is 12.3. The van der Waals surface area contributed by atoms with Gasteiger partial charge in [-0.15, -0.1) is 0 Å². The quantitative estimate of drug-likeness (QED) is 0.340. The summed E-state index contributed by atoms with van der Waals surface area (Å²) in [7, 11) is 0. The first-order valence-electron chi connectivity index (χ1n) is 9.38. The molecule has 2 aromatic rings. The number of Topliss-reactive ketones (excluding diaryl/α,β-unsaturated/α-hetero) is 1. The Hall–Kier alpha value is -3.22. The van der Waals surface area contributed by atoms with Gasteiger partial charge < -0.3 is 10.1 Å². The Labute approximate surface area is 161 Å². The number of fused-ring (bicyclic) bond motifs is 1. The van der Waals surface area contributed by atoms with Gasteiger partial charge in [0.05, 0.1) is 10.5 Å². The van der Waals surface area contributed by atoms with E-state index in [1.807, 2.05) is 12.1 Å². The summed E-state index contributed by atoms with van der Waals surface area (Å²) < 4.78 is 5.10. The highest BCUT2D eigenvalue weighted by Gasteiger charge is 2.26. The summed E-state index contributed by atoms with van der Waals surface area (Å²) in [6.07, 6.45) is 5.04. The van der Waals surface area contributed by atoms with Crippen LogP contribution in [0.1, 0.15) is 51.1 Å². The molecular formula is C21H20N2O5. The van der Waals surface area contributed by atoms with E-state index in [0.29, 0.717) is 11.3 Å². The molecule has 2 aliphatic carbocycles. The standard InChI is InChI=1S/C21H20N2O5/c24-20(15-5-4-13-2-1-3-14(13)10-15)12-28-21(25)16-6-9-18(22-17-7-8-17)19(11-16)23(26)27/h4-6,9-11,17,22H,1-3,7-8,12H2. The Morgan fingerprint density at radius 2 is 1.82 bits per heavy atom. The molecule has 28 heavy (non-hydrogen) atoms. The van der Waals surface area contributed by atoms with Gasteiger partial charge in [-0.25, -0.2) is 4.79 Å². The van der Waals surface area contributed by atoms with E-state index in [1.165, 1.54) is 29.3 Å². The van der Waals surface area contributed by atoms with Gasteiger partial charge >= 0.3 is 5.97 Å². The lowest BCUT2D eigenvalue weighted by Gasteiger charge is -2.08. The molecule has 144 valence electrons. The topological polar surface area (TPSA) is 98.5 Å². The molecule has 1 saturated carbocycles. The number of nitro benzene ring substituents is 1. The van der Waals surface area contributed by atoms with E-state index in [0.717, 1.165) is 32.1 Å². The van der Waals surface area contributed by atoms with Gasteiger partial charge in [-0.3, -0.25) is 14.9 Å². The largest absolute Gasteiger partial charge is 0.454 e. The van der Waals surface area contributed by atoms with Crippen molar-refractivity contribution in [1.82, 2.24) is 0 Å². The molecule has 0 aromatic heterocycles. The van der Waals surface area contributed by atoms with Crippen LogP contribution in [0, 0.1) is 10.1 Å². The fourth-order valence-corrected chi connectivity index (χ4v) is 3.42. The summed E-state index contributed by atoms with van der Waals surface area (Å²) in [5.74, 6) is -1.04. The predicted molar refractivity (Wildman–Crippen MR) is 103 cm³/mol. The first-order valence-corrected chi connectivity index (χ1v) is 9.38. The molecule has 2 aliphatic rings. The van der Waals surface area contributed by atoms with E-state index in [-0.39, 0.29) is 23.1 Å². The molecule has 0 amide bonds. The van der Waals surface area contributed by atoms with Gasteiger partial charge in [0, 0.05) is 17.7 Å². The zero-order valence-electron chi connectivity index (χ0n) is 15.3. The molecular weight excluding hydrogens is 360 g/mol. The maximum Gasteiger partial charge on any atom is 0.338 e. The Morgan fingerprint density at radius 1 is 1.07 bits per heavy atom. The highest BCUT2D eigenvalue weighted by atomic mass is 16.6. The lowest BCUT2D eigenvalue weighted by atomic mass is 10.0. The third kappa shape index (κ3) is 3.88. The molecule has 0 aliphatic heterocycles. The number of nitro groups is 1. The molecule has 1 N–H and O–H groups in total. The second kappa shape index (κ2) is 7.42. The number of ketones is 1. The Bertz CT molecular complexity index is 965. The minimum Gasteiger partial charge on any atom is -0.454 e. The van der Waals surface area contributed by atoms with Crippen LogP contribution in [-0.4, -0.2) is 29.3 Å². The molecule has 7 heteroatoms. The number of carbonyl (C=O) groups is 2. The zero-order chi connectivity index (χ0) is 19.7. The molecule has 0 radical (unpaired) electrons. The van der Waals surface area contributed by atoms with Gasteiger partial charge in [0.2, 0.25) is 0 Å². The number of aryl methyl sites for hydroxylation is 2. The van der Waals surface area contributed by atoms with E-state index in [9.17, 15) is 19.7 Å². The number of anilines is 1. The zero-order valence-corrected chi connectivity index (χ0v) is 15.3. The molecule has 0 unspecified atom stereocenters. The van der Waals surface area contributed by atoms with Gasteiger partial charge in [0.1, 0.15) is 5.69 Å². The average molecular weight is 380 g/mol. The molecule has 0 atom stereocenters. The molecule has 7 nitrogen and oxygen atoms in total. The van der Waals surface area contributed by atoms with Crippen LogP contribution >= 0.6 is 0 Å². The van der Waals surface area contributed by atoms with Crippen LogP contribution in [0.3, 0.4) is 0 Å². The van der Waals surface area contributed by atoms with Crippen LogP contribution in [0.25, 0.3) is 0 Å². The second-order valence-corrected chi connectivity index (χ2v) is 7.24. The highest BCUT2D eigenvalue weighted by molar-refractivity contribution is 5.99. The normalized spacial score (nSPS) is 15.0. The number of hydrogen-bond donors (Lipinski definition) is 1. The van der Waals surface area contributed by atoms with Crippen molar-refractivity contribution in [3.63, 3.8) is 0 Å². The number of benzene rings is 2. The number of nitrogens with zero attached hydrogens (tertiary/aromatic N) is 1. The third-order valence-electron chi connectivity index (χ3n) is 5.12. The second-order valence-electron chi connectivity index (χ2n) is 7.24. The van der Waals surface area contributed by atoms with Crippen molar-refractivity contribution in [2.24, 2.45) is 0 Å². The Balaban J connectivity index is 1.42. The molecule has 2 aromatic carbocycles. The van der Waals surface area contributed by atoms with Gasteiger partial charge in [-0.1, -0.05) is 12.1 Å². The predicted octanol–water partition coefficient (Wildman–Crippen LogP) is 3.70. The summed E-state index contributed by atoms with van der Waals surface area (Å²) in [5.41, 5.74) is 3.22. The van der Waals surface area contributed by atoms with Gasteiger partial charge in [0.15, 0.2) is 12.4 Å². The molecule has 1 fully saturated rings. The summed E-state index contributed by atoms with van der Waals surface area (Å²) >= 11 is 0. The van der Waals surface area contributed by atoms with Crippen LogP contribution in [0.5, 0.6) is 0 Å². The fraction of sp³-hybridized carbons (Fsp3) is 0.333. The van der Waals surface area contributed by atoms with Crippen LogP contribution in [0.15, 0.2) is 36.4 Å². The van der Waals surface area contributed by atoms with Gasteiger partial charge in [-0.2, -0.15) is 0 Å². The maximum atomic E-state index is 12.3. The van der Waals surface area contributed by atoms with E-state index < -0.39 is 17.5 Å². The van der Waals surface area contributed by atoms with Crippen molar-refractivity contribution in [3.05, 3.63) is 68.8 Å². The van der Waals surface area contributed by atoms with Crippen LogP contribution in [-0.2, 0) is 17.6 Å². The van der Waals surface area contributed by atoms with Crippen LogP contribution < -0.4 is 5.32 Å².